The molecule has 0 spiro atoms. The highest BCUT2D eigenvalue weighted by molar-refractivity contribution is 5.37. The number of aromatic hydroxyl groups is 2. The van der Waals surface area contributed by atoms with Crippen molar-refractivity contribution in [2.24, 2.45) is 5.92 Å². The summed E-state index contributed by atoms with van der Waals surface area (Å²) in [5.41, 5.74) is 0.861. The molecule has 0 saturated carbocycles. The van der Waals surface area contributed by atoms with Gasteiger partial charge in [0.1, 0.15) is 11.5 Å². The van der Waals surface area contributed by atoms with E-state index in [4.69, 9.17) is 4.74 Å². The molecular formula is C15H25NO3. The second-order valence-electron chi connectivity index (χ2n) is 5.25. The SMILES string of the molecule is CC(C)CCOCCNC(C)c1cc(O)cc(O)c1. The number of hydrogen-bond donors (Lipinski definition) is 3. The molecule has 1 unspecified atom stereocenters. The molecule has 0 fully saturated rings. The molecule has 4 heteroatoms. The van der Waals surface area contributed by atoms with Crippen molar-refractivity contribution in [3.63, 3.8) is 0 Å². The zero-order valence-corrected chi connectivity index (χ0v) is 12.0. The zero-order chi connectivity index (χ0) is 14.3. The van der Waals surface area contributed by atoms with Crippen LogP contribution in [0.1, 0.15) is 38.8 Å². The monoisotopic (exact) mass is 267 g/mol. The lowest BCUT2D eigenvalue weighted by atomic mass is 10.1. The van der Waals surface area contributed by atoms with Gasteiger partial charge in [0.25, 0.3) is 0 Å². The number of benzene rings is 1. The Labute approximate surface area is 115 Å². The maximum Gasteiger partial charge on any atom is 0.119 e. The van der Waals surface area contributed by atoms with Crippen LogP contribution in [-0.2, 0) is 4.74 Å². The van der Waals surface area contributed by atoms with Gasteiger partial charge < -0.3 is 20.3 Å². The van der Waals surface area contributed by atoms with E-state index in [9.17, 15) is 10.2 Å². The summed E-state index contributed by atoms with van der Waals surface area (Å²) in [5.74, 6) is 0.829. The van der Waals surface area contributed by atoms with E-state index in [0.29, 0.717) is 12.5 Å². The fourth-order valence-corrected chi connectivity index (χ4v) is 1.75. The van der Waals surface area contributed by atoms with Gasteiger partial charge in [0.2, 0.25) is 0 Å². The molecule has 1 aromatic rings. The average Bonchev–Trinajstić information content (AvgIpc) is 2.31. The Kier molecular flexibility index (Phi) is 6.67. The zero-order valence-electron chi connectivity index (χ0n) is 12.0. The fraction of sp³-hybridized carbons (Fsp3) is 0.600. The molecular weight excluding hydrogens is 242 g/mol. The number of hydrogen-bond acceptors (Lipinski definition) is 4. The predicted molar refractivity (Wildman–Crippen MR) is 76.5 cm³/mol. The van der Waals surface area contributed by atoms with Crippen molar-refractivity contribution < 1.29 is 14.9 Å². The molecule has 0 bridgehead atoms. The summed E-state index contributed by atoms with van der Waals surface area (Å²) in [5, 5.41) is 22.1. The summed E-state index contributed by atoms with van der Waals surface area (Å²) < 4.78 is 5.52. The second kappa shape index (κ2) is 8.02. The highest BCUT2D eigenvalue weighted by atomic mass is 16.5. The van der Waals surface area contributed by atoms with E-state index in [2.05, 4.69) is 19.2 Å². The van der Waals surface area contributed by atoms with Crippen molar-refractivity contribution >= 4 is 0 Å². The van der Waals surface area contributed by atoms with Crippen LogP contribution < -0.4 is 5.32 Å². The van der Waals surface area contributed by atoms with Gasteiger partial charge in [-0.1, -0.05) is 13.8 Å². The van der Waals surface area contributed by atoms with Gasteiger partial charge in [-0.15, -0.1) is 0 Å². The Morgan fingerprint density at radius 1 is 1.05 bits per heavy atom. The molecule has 19 heavy (non-hydrogen) atoms. The standard InChI is InChI=1S/C15H25NO3/c1-11(2)4-6-19-7-5-16-12(3)13-8-14(17)10-15(18)9-13/h8-12,16-18H,4-7H2,1-3H3. The minimum absolute atomic E-state index is 0.0618. The lowest BCUT2D eigenvalue weighted by Gasteiger charge is -2.15. The second-order valence-corrected chi connectivity index (χ2v) is 5.25. The van der Waals surface area contributed by atoms with Gasteiger partial charge in [0.15, 0.2) is 0 Å². The molecule has 4 nitrogen and oxygen atoms in total. The third-order valence-corrected chi connectivity index (χ3v) is 2.96. The Bertz CT molecular complexity index is 359. The van der Waals surface area contributed by atoms with E-state index in [-0.39, 0.29) is 17.5 Å². The van der Waals surface area contributed by atoms with Crippen LogP contribution in [0.5, 0.6) is 11.5 Å². The smallest absolute Gasteiger partial charge is 0.119 e. The van der Waals surface area contributed by atoms with Gasteiger partial charge in [0, 0.05) is 25.3 Å². The molecule has 0 aromatic heterocycles. The normalized spacial score (nSPS) is 12.8. The molecule has 3 N–H and O–H groups in total. The van der Waals surface area contributed by atoms with Gasteiger partial charge >= 0.3 is 0 Å². The summed E-state index contributed by atoms with van der Waals surface area (Å²) in [6, 6.07) is 4.69. The summed E-state index contributed by atoms with van der Waals surface area (Å²) in [6.45, 7) is 8.55. The van der Waals surface area contributed by atoms with Crippen LogP contribution in [0.15, 0.2) is 18.2 Å². The fourth-order valence-electron chi connectivity index (χ4n) is 1.75. The Balaban J connectivity index is 2.25. The third kappa shape index (κ3) is 6.45. The summed E-state index contributed by atoms with van der Waals surface area (Å²) in [7, 11) is 0. The van der Waals surface area contributed by atoms with Crippen LogP contribution in [-0.4, -0.2) is 30.0 Å². The van der Waals surface area contributed by atoms with E-state index < -0.39 is 0 Å². The molecule has 1 atom stereocenters. The molecule has 1 rings (SSSR count). The largest absolute Gasteiger partial charge is 0.508 e. The molecule has 1 aromatic carbocycles. The first kappa shape index (κ1) is 15.8. The molecule has 0 aliphatic heterocycles. The maximum atomic E-state index is 9.42. The van der Waals surface area contributed by atoms with E-state index >= 15 is 0 Å². The Hall–Kier alpha value is -1.26. The van der Waals surface area contributed by atoms with Crippen LogP contribution in [0.4, 0.5) is 0 Å². The van der Waals surface area contributed by atoms with E-state index in [1.807, 2.05) is 6.92 Å². The Morgan fingerprint density at radius 2 is 1.68 bits per heavy atom. The molecule has 108 valence electrons. The topological polar surface area (TPSA) is 61.7 Å². The number of nitrogens with one attached hydrogen (secondary N) is 1. The van der Waals surface area contributed by atoms with Crippen molar-refractivity contribution in [1.29, 1.82) is 0 Å². The first-order valence-corrected chi connectivity index (χ1v) is 6.83. The van der Waals surface area contributed by atoms with Crippen molar-refractivity contribution in [1.82, 2.24) is 5.32 Å². The molecule has 0 aliphatic rings. The highest BCUT2D eigenvalue weighted by Gasteiger charge is 2.07. The molecule has 0 radical (unpaired) electrons. The van der Waals surface area contributed by atoms with Gasteiger partial charge in [-0.2, -0.15) is 0 Å². The highest BCUT2D eigenvalue weighted by Crippen LogP contribution is 2.24. The van der Waals surface area contributed by atoms with Gasteiger partial charge in [-0.25, -0.2) is 0 Å². The van der Waals surface area contributed by atoms with Crippen LogP contribution in [0, 0.1) is 5.92 Å². The van der Waals surface area contributed by atoms with Gasteiger partial charge in [-0.05, 0) is 37.0 Å². The van der Waals surface area contributed by atoms with E-state index in [1.165, 1.54) is 6.07 Å². The number of ether oxygens (including phenoxy) is 1. The van der Waals surface area contributed by atoms with Crippen molar-refractivity contribution in [2.75, 3.05) is 19.8 Å². The summed E-state index contributed by atoms with van der Waals surface area (Å²) in [4.78, 5) is 0. The number of rotatable bonds is 8. The first-order valence-electron chi connectivity index (χ1n) is 6.83. The van der Waals surface area contributed by atoms with Crippen LogP contribution in [0.2, 0.25) is 0 Å². The summed E-state index contributed by atoms with van der Waals surface area (Å²) >= 11 is 0. The number of phenolic OH excluding ortho intramolecular Hbond substituents is 2. The van der Waals surface area contributed by atoms with Crippen LogP contribution >= 0.6 is 0 Å². The molecule has 0 saturated heterocycles. The number of phenols is 2. The maximum absolute atomic E-state index is 9.42. The van der Waals surface area contributed by atoms with Crippen LogP contribution in [0.25, 0.3) is 0 Å². The molecule has 0 heterocycles. The lowest BCUT2D eigenvalue weighted by Crippen LogP contribution is -2.23. The average molecular weight is 267 g/mol. The van der Waals surface area contributed by atoms with Crippen molar-refractivity contribution in [2.45, 2.75) is 33.2 Å². The van der Waals surface area contributed by atoms with Gasteiger partial charge in [0.05, 0.1) is 6.61 Å². The summed E-state index contributed by atoms with van der Waals surface area (Å²) in [6.07, 6.45) is 1.08. The van der Waals surface area contributed by atoms with Gasteiger partial charge in [-0.3, -0.25) is 0 Å². The van der Waals surface area contributed by atoms with Crippen molar-refractivity contribution in [3.8, 4) is 11.5 Å². The molecule has 0 amide bonds. The van der Waals surface area contributed by atoms with E-state index in [0.717, 1.165) is 25.1 Å². The minimum Gasteiger partial charge on any atom is -0.508 e. The third-order valence-electron chi connectivity index (χ3n) is 2.96. The first-order chi connectivity index (χ1) is 8.99. The van der Waals surface area contributed by atoms with Crippen molar-refractivity contribution in [3.05, 3.63) is 23.8 Å². The van der Waals surface area contributed by atoms with E-state index in [1.54, 1.807) is 12.1 Å². The quantitative estimate of drug-likeness (QED) is 0.634. The lowest BCUT2D eigenvalue weighted by molar-refractivity contribution is 0.123. The predicted octanol–water partition coefficient (Wildman–Crippen LogP) is 2.81. The Morgan fingerprint density at radius 3 is 2.26 bits per heavy atom. The molecule has 0 aliphatic carbocycles. The van der Waals surface area contributed by atoms with Crippen LogP contribution in [0.3, 0.4) is 0 Å². The minimum atomic E-state index is 0.0618.